The summed E-state index contributed by atoms with van der Waals surface area (Å²) in [6.45, 7) is 4.64. The molecule has 1 aromatic carbocycles. The SMILES string of the molecule is CNC(c1ccc(F)c(F)c1)C(CN)C(C)C. The Morgan fingerprint density at radius 1 is 1.24 bits per heavy atom. The van der Waals surface area contributed by atoms with Gasteiger partial charge in [0.15, 0.2) is 11.6 Å². The average molecular weight is 242 g/mol. The highest BCUT2D eigenvalue weighted by Gasteiger charge is 2.24. The Hall–Kier alpha value is -1.00. The van der Waals surface area contributed by atoms with Gasteiger partial charge in [-0.2, -0.15) is 0 Å². The molecule has 0 aliphatic carbocycles. The van der Waals surface area contributed by atoms with Gasteiger partial charge in [-0.3, -0.25) is 0 Å². The van der Waals surface area contributed by atoms with Gasteiger partial charge in [-0.1, -0.05) is 19.9 Å². The first-order chi connectivity index (χ1) is 8.01. The third-order valence-electron chi connectivity index (χ3n) is 3.17. The first-order valence-corrected chi connectivity index (χ1v) is 5.83. The molecule has 0 bridgehead atoms. The fraction of sp³-hybridized carbons (Fsp3) is 0.538. The van der Waals surface area contributed by atoms with E-state index in [-0.39, 0.29) is 12.0 Å². The summed E-state index contributed by atoms with van der Waals surface area (Å²) in [5.41, 5.74) is 6.48. The van der Waals surface area contributed by atoms with E-state index in [1.165, 1.54) is 6.07 Å². The second-order valence-electron chi connectivity index (χ2n) is 4.58. The van der Waals surface area contributed by atoms with Gasteiger partial charge in [-0.25, -0.2) is 8.78 Å². The van der Waals surface area contributed by atoms with E-state index < -0.39 is 11.6 Å². The molecule has 2 nitrogen and oxygen atoms in total. The highest BCUT2D eigenvalue weighted by molar-refractivity contribution is 5.22. The van der Waals surface area contributed by atoms with Crippen LogP contribution < -0.4 is 11.1 Å². The fourth-order valence-corrected chi connectivity index (χ4v) is 2.13. The molecule has 2 atom stereocenters. The lowest BCUT2D eigenvalue weighted by atomic mass is 9.84. The van der Waals surface area contributed by atoms with Gasteiger partial charge < -0.3 is 11.1 Å². The highest BCUT2D eigenvalue weighted by Crippen LogP contribution is 2.27. The predicted molar refractivity (Wildman–Crippen MR) is 65.5 cm³/mol. The van der Waals surface area contributed by atoms with Gasteiger partial charge in [0.25, 0.3) is 0 Å². The van der Waals surface area contributed by atoms with Crippen molar-refractivity contribution in [3.8, 4) is 0 Å². The van der Waals surface area contributed by atoms with Gasteiger partial charge in [0.05, 0.1) is 0 Å². The maximum absolute atomic E-state index is 13.2. The van der Waals surface area contributed by atoms with Crippen molar-refractivity contribution in [2.75, 3.05) is 13.6 Å². The van der Waals surface area contributed by atoms with E-state index in [0.717, 1.165) is 11.6 Å². The topological polar surface area (TPSA) is 38.0 Å². The van der Waals surface area contributed by atoms with E-state index in [1.54, 1.807) is 13.1 Å². The summed E-state index contributed by atoms with van der Waals surface area (Å²) in [6, 6.07) is 3.94. The van der Waals surface area contributed by atoms with Crippen molar-refractivity contribution >= 4 is 0 Å². The Morgan fingerprint density at radius 2 is 1.88 bits per heavy atom. The maximum Gasteiger partial charge on any atom is 0.159 e. The molecule has 96 valence electrons. The monoisotopic (exact) mass is 242 g/mol. The van der Waals surface area contributed by atoms with Crippen LogP contribution in [0.5, 0.6) is 0 Å². The van der Waals surface area contributed by atoms with Crippen LogP contribution >= 0.6 is 0 Å². The smallest absolute Gasteiger partial charge is 0.159 e. The van der Waals surface area contributed by atoms with Crippen molar-refractivity contribution in [2.45, 2.75) is 19.9 Å². The third-order valence-corrected chi connectivity index (χ3v) is 3.17. The van der Waals surface area contributed by atoms with Crippen LogP contribution in [0.3, 0.4) is 0 Å². The van der Waals surface area contributed by atoms with E-state index in [9.17, 15) is 8.78 Å². The van der Waals surface area contributed by atoms with Crippen molar-refractivity contribution in [3.05, 3.63) is 35.4 Å². The Kier molecular flexibility index (Phi) is 5.02. The van der Waals surface area contributed by atoms with Gasteiger partial charge >= 0.3 is 0 Å². The molecular weight excluding hydrogens is 222 g/mol. The fourth-order valence-electron chi connectivity index (χ4n) is 2.13. The molecular formula is C13H20F2N2. The molecule has 4 heteroatoms. The van der Waals surface area contributed by atoms with Crippen molar-refractivity contribution in [1.82, 2.24) is 5.32 Å². The number of nitrogens with two attached hydrogens (primary N) is 1. The van der Waals surface area contributed by atoms with E-state index >= 15 is 0 Å². The number of halogens is 2. The van der Waals surface area contributed by atoms with Gasteiger partial charge in [0.1, 0.15) is 0 Å². The molecule has 17 heavy (non-hydrogen) atoms. The summed E-state index contributed by atoms with van der Waals surface area (Å²) in [5, 5.41) is 3.13. The van der Waals surface area contributed by atoms with Crippen LogP contribution in [0.1, 0.15) is 25.5 Å². The van der Waals surface area contributed by atoms with Crippen LogP contribution in [0.2, 0.25) is 0 Å². The van der Waals surface area contributed by atoms with Crippen LogP contribution in [0.25, 0.3) is 0 Å². The summed E-state index contributed by atoms with van der Waals surface area (Å²) < 4.78 is 26.1. The minimum atomic E-state index is -0.822. The first-order valence-electron chi connectivity index (χ1n) is 5.83. The Morgan fingerprint density at radius 3 is 2.29 bits per heavy atom. The Labute approximate surface area is 101 Å². The Bertz CT molecular complexity index is 366. The van der Waals surface area contributed by atoms with Crippen LogP contribution in [0, 0.1) is 23.5 Å². The minimum Gasteiger partial charge on any atom is -0.330 e. The molecule has 0 aliphatic heterocycles. The van der Waals surface area contributed by atoms with Crippen molar-refractivity contribution in [3.63, 3.8) is 0 Å². The van der Waals surface area contributed by atoms with E-state index in [0.29, 0.717) is 12.5 Å². The van der Waals surface area contributed by atoms with Crippen LogP contribution in [0.15, 0.2) is 18.2 Å². The average Bonchev–Trinajstić information content (AvgIpc) is 2.29. The van der Waals surface area contributed by atoms with Gasteiger partial charge in [-0.05, 0) is 43.1 Å². The molecule has 0 aromatic heterocycles. The molecule has 0 fully saturated rings. The number of benzene rings is 1. The minimum absolute atomic E-state index is 0.0601. The molecule has 0 radical (unpaired) electrons. The zero-order valence-electron chi connectivity index (χ0n) is 10.5. The second-order valence-corrected chi connectivity index (χ2v) is 4.58. The van der Waals surface area contributed by atoms with Crippen molar-refractivity contribution < 1.29 is 8.78 Å². The molecule has 1 rings (SSSR count). The zero-order chi connectivity index (χ0) is 13.0. The first kappa shape index (κ1) is 14.1. The summed E-state index contributed by atoms with van der Waals surface area (Å²) in [4.78, 5) is 0. The van der Waals surface area contributed by atoms with E-state index in [4.69, 9.17) is 5.73 Å². The van der Waals surface area contributed by atoms with Crippen molar-refractivity contribution in [1.29, 1.82) is 0 Å². The molecule has 0 spiro atoms. The lowest BCUT2D eigenvalue weighted by Crippen LogP contribution is -2.34. The Balaban J connectivity index is 3.03. The van der Waals surface area contributed by atoms with E-state index in [1.807, 2.05) is 0 Å². The number of hydrogen-bond donors (Lipinski definition) is 2. The molecule has 3 N–H and O–H groups in total. The predicted octanol–water partition coefficient (Wildman–Crippen LogP) is 2.46. The van der Waals surface area contributed by atoms with E-state index in [2.05, 4.69) is 19.2 Å². The summed E-state index contributed by atoms with van der Waals surface area (Å²) in [5.74, 6) is -1.09. The standard InChI is InChI=1S/C13H20F2N2/c1-8(2)10(7-16)13(17-3)9-4-5-11(14)12(15)6-9/h4-6,8,10,13,17H,7,16H2,1-3H3. The van der Waals surface area contributed by atoms with Gasteiger partial charge in [0.2, 0.25) is 0 Å². The molecule has 2 unspecified atom stereocenters. The molecule has 0 aliphatic rings. The van der Waals surface area contributed by atoms with Gasteiger partial charge in [-0.15, -0.1) is 0 Å². The summed E-state index contributed by atoms with van der Waals surface area (Å²) in [6.07, 6.45) is 0. The van der Waals surface area contributed by atoms with Crippen LogP contribution in [-0.2, 0) is 0 Å². The third kappa shape index (κ3) is 3.23. The maximum atomic E-state index is 13.2. The van der Waals surface area contributed by atoms with Crippen LogP contribution in [0.4, 0.5) is 8.78 Å². The quantitative estimate of drug-likeness (QED) is 0.832. The van der Waals surface area contributed by atoms with Crippen molar-refractivity contribution in [2.24, 2.45) is 17.6 Å². The highest BCUT2D eigenvalue weighted by atomic mass is 19.2. The molecule has 0 saturated heterocycles. The normalized spacial score (nSPS) is 15.0. The lowest BCUT2D eigenvalue weighted by molar-refractivity contribution is 0.298. The second kappa shape index (κ2) is 6.07. The summed E-state index contributed by atoms with van der Waals surface area (Å²) in [7, 11) is 1.80. The number of hydrogen-bond acceptors (Lipinski definition) is 2. The molecule has 0 heterocycles. The molecule has 1 aromatic rings. The largest absolute Gasteiger partial charge is 0.330 e. The lowest BCUT2D eigenvalue weighted by Gasteiger charge is -2.29. The number of rotatable bonds is 5. The van der Waals surface area contributed by atoms with Gasteiger partial charge in [0, 0.05) is 6.04 Å². The molecule has 0 amide bonds. The van der Waals surface area contributed by atoms with Crippen LogP contribution in [-0.4, -0.2) is 13.6 Å². The summed E-state index contributed by atoms with van der Waals surface area (Å²) >= 11 is 0. The molecule has 0 saturated carbocycles. The number of nitrogens with one attached hydrogen (secondary N) is 1. The zero-order valence-corrected chi connectivity index (χ0v) is 10.5.